The van der Waals surface area contributed by atoms with Crippen molar-refractivity contribution in [2.45, 2.75) is 32.7 Å². The first kappa shape index (κ1) is 13.5. The third kappa shape index (κ3) is 2.57. The van der Waals surface area contributed by atoms with E-state index in [1.54, 1.807) is 29.1 Å². The average Bonchev–Trinajstić information content (AvgIpc) is 2.84. The second-order valence-corrected chi connectivity index (χ2v) is 4.48. The first-order valence-corrected chi connectivity index (χ1v) is 6.50. The maximum Gasteiger partial charge on any atom is 0.153 e. The third-order valence-corrected chi connectivity index (χ3v) is 3.33. The van der Waals surface area contributed by atoms with E-state index < -0.39 is 0 Å². The van der Waals surface area contributed by atoms with Crippen LogP contribution in [-0.4, -0.2) is 16.1 Å². The number of aromatic nitrogens is 2. The van der Waals surface area contributed by atoms with E-state index in [4.69, 9.17) is 0 Å². The maximum absolute atomic E-state index is 13.8. The Hall–Kier alpha value is -1.97. The zero-order chi connectivity index (χ0) is 13.8. The Kier molecular flexibility index (Phi) is 4.10. The van der Waals surface area contributed by atoms with E-state index in [2.05, 4.69) is 18.9 Å². The monoisotopic (exact) mass is 260 g/mol. The van der Waals surface area contributed by atoms with E-state index in [1.807, 2.05) is 0 Å². The predicted molar refractivity (Wildman–Crippen MR) is 72.6 cm³/mol. The Bertz CT molecular complexity index is 573. The normalized spacial score (nSPS) is 10.9. The lowest BCUT2D eigenvalue weighted by atomic mass is 10.1. The Morgan fingerprint density at radius 3 is 2.58 bits per heavy atom. The molecule has 2 aromatic rings. The first-order chi connectivity index (χ1) is 9.21. The van der Waals surface area contributed by atoms with Gasteiger partial charge >= 0.3 is 0 Å². The van der Waals surface area contributed by atoms with Gasteiger partial charge in [0.25, 0.3) is 0 Å². The Morgan fingerprint density at radius 1 is 1.32 bits per heavy atom. The molecule has 1 heterocycles. The van der Waals surface area contributed by atoms with Crippen LogP contribution in [-0.2, 0) is 0 Å². The van der Waals surface area contributed by atoms with Gasteiger partial charge in [-0.25, -0.2) is 4.39 Å². The molecule has 2 rings (SSSR count). The Labute approximate surface area is 112 Å². The molecule has 0 atom stereocenters. The number of hydrogen-bond donors (Lipinski definition) is 0. The van der Waals surface area contributed by atoms with E-state index in [0.717, 1.165) is 19.1 Å². The van der Waals surface area contributed by atoms with E-state index >= 15 is 0 Å². The van der Waals surface area contributed by atoms with Crippen LogP contribution in [0.2, 0.25) is 0 Å². The second-order valence-electron chi connectivity index (χ2n) is 4.48. The van der Waals surface area contributed by atoms with Gasteiger partial charge in [0.2, 0.25) is 0 Å². The standard InChI is InChI=1S/C15H17FN2O/c1-3-12(4-2)18-9-11(10-19)15(17-18)13-7-5-6-8-14(13)16/h5-10,12H,3-4H2,1-2H3. The van der Waals surface area contributed by atoms with Crippen LogP contribution < -0.4 is 0 Å². The molecule has 100 valence electrons. The SMILES string of the molecule is CCC(CC)n1cc(C=O)c(-c2ccccc2F)n1. The molecule has 1 aromatic heterocycles. The van der Waals surface area contributed by atoms with Gasteiger partial charge in [-0.05, 0) is 25.0 Å². The zero-order valence-corrected chi connectivity index (χ0v) is 11.1. The fraction of sp³-hybridized carbons (Fsp3) is 0.333. The van der Waals surface area contributed by atoms with Gasteiger partial charge in [0.05, 0.1) is 11.6 Å². The number of carbonyl (C=O) groups excluding carboxylic acids is 1. The minimum absolute atomic E-state index is 0.235. The summed E-state index contributed by atoms with van der Waals surface area (Å²) in [6.07, 6.45) is 4.28. The summed E-state index contributed by atoms with van der Waals surface area (Å²) in [5.74, 6) is -0.361. The van der Waals surface area contributed by atoms with Crippen LogP contribution in [0, 0.1) is 5.82 Å². The number of rotatable bonds is 5. The molecule has 0 saturated carbocycles. The lowest BCUT2D eigenvalue weighted by molar-refractivity contribution is 0.112. The van der Waals surface area contributed by atoms with Crippen molar-refractivity contribution in [1.29, 1.82) is 0 Å². The highest BCUT2D eigenvalue weighted by Crippen LogP contribution is 2.26. The lowest BCUT2D eigenvalue weighted by Gasteiger charge is -2.12. The van der Waals surface area contributed by atoms with Crippen molar-refractivity contribution in [3.05, 3.63) is 41.8 Å². The van der Waals surface area contributed by atoms with Gasteiger partial charge in [-0.3, -0.25) is 9.48 Å². The molecule has 0 aliphatic rings. The topological polar surface area (TPSA) is 34.9 Å². The molecule has 0 amide bonds. The second kappa shape index (κ2) is 5.78. The number of nitrogens with zero attached hydrogens (tertiary/aromatic N) is 2. The molecular weight excluding hydrogens is 243 g/mol. The minimum Gasteiger partial charge on any atom is -0.298 e. The molecule has 0 saturated heterocycles. The van der Waals surface area contributed by atoms with E-state index in [9.17, 15) is 9.18 Å². The van der Waals surface area contributed by atoms with Crippen LogP contribution in [0.4, 0.5) is 4.39 Å². The largest absolute Gasteiger partial charge is 0.298 e. The van der Waals surface area contributed by atoms with E-state index in [0.29, 0.717) is 16.8 Å². The molecule has 0 fully saturated rings. The highest BCUT2D eigenvalue weighted by atomic mass is 19.1. The molecule has 0 bridgehead atoms. The highest BCUT2D eigenvalue weighted by molar-refractivity contribution is 5.85. The number of aldehydes is 1. The van der Waals surface area contributed by atoms with Crippen LogP contribution in [0.1, 0.15) is 43.1 Å². The summed E-state index contributed by atoms with van der Waals surface area (Å²) >= 11 is 0. The molecule has 0 radical (unpaired) electrons. The van der Waals surface area contributed by atoms with Crippen molar-refractivity contribution in [2.24, 2.45) is 0 Å². The van der Waals surface area contributed by atoms with Gasteiger partial charge in [0.15, 0.2) is 6.29 Å². The first-order valence-electron chi connectivity index (χ1n) is 6.50. The van der Waals surface area contributed by atoms with Gasteiger partial charge in [-0.1, -0.05) is 26.0 Å². The van der Waals surface area contributed by atoms with E-state index in [-0.39, 0.29) is 11.9 Å². The van der Waals surface area contributed by atoms with Crippen LogP contribution in [0.25, 0.3) is 11.3 Å². The third-order valence-electron chi connectivity index (χ3n) is 3.33. The molecule has 0 aliphatic heterocycles. The molecule has 0 spiro atoms. The van der Waals surface area contributed by atoms with Crippen LogP contribution in [0.5, 0.6) is 0 Å². The van der Waals surface area contributed by atoms with Gasteiger partial charge in [0.1, 0.15) is 11.5 Å². The smallest absolute Gasteiger partial charge is 0.153 e. The molecule has 3 nitrogen and oxygen atoms in total. The number of hydrogen-bond acceptors (Lipinski definition) is 2. The van der Waals surface area contributed by atoms with Gasteiger partial charge < -0.3 is 0 Å². The number of carbonyl (C=O) groups is 1. The van der Waals surface area contributed by atoms with Crippen molar-refractivity contribution in [3.63, 3.8) is 0 Å². The molecule has 0 aliphatic carbocycles. The molecule has 0 unspecified atom stereocenters. The minimum atomic E-state index is -0.361. The summed E-state index contributed by atoms with van der Waals surface area (Å²) in [5.41, 5.74) is 1.21. The maximum atomic E-state index is 13.8. The summed E-state index contributed by atoms with van der Waals surface area (Å²) < 4.78 is 15.6. The Morgan fingerprint density at radius 2 is 2.00 bits per heavy atom. The van der Waals surface area contributed by atoms with Crippen LogP contribution >= 0.6 is 0 Å². The predicted octanol–water partition coefficient (Wildman–Crippen LogP) is 3.86. The average molecular weight is 260 g/mol. The van der Waals surface area contributed by atoms with Gasteiger partial charge in [-0.15, -0.1) is 0 Å². The van der Waals surface area contributed by atoms with Crippen LogP contribution in [0.15, 0.2) is 30.5 Å². The summed E-state index contributed by atoms with van der Waals surface area (Å²) in [7, 11) is 0. The highest BCUT2D eigenvalue weighted by Gasteiger charge is 2.16. The van der Waals surface area contributed by atoms with Crippen molar-refractivity contribution in [3.8, 4) is 11.3 Å². The fourth-order valence-electron chi connectivity index (χ4n) is 2.20. The molecule has 0 N–H and O–H groups in total. The molecular formula is C15H17FN2O. The van der Waals surface area contributed by atoms with Gasteiger partial charge in [-0.2, -0.15) is 5.10 Å². The summed E-state index contributed by atoms with van der Waals surface area (Å²) in [6, 6.07) is 6.61. The summed E-state index contributed by atoms with van der Waals surface area (Å²) in [5, 5.41) is 4.40. The lowest BCUT2D eigenvalue weighted by Crippen LogP contribution is -2.07. The summed E-state index contributed by atoms with van der Waals surface area (Å²) in [4.78, 5) is 11.1. The van der Waals surface area contributed by atoms with Crippen molar-refractivity contribution in [1.82, 2.24) is 9.78 Å². The number of halogens is 1. The quantitative estimate of drug-likeness (QED) is 0.765. The number of benzene rings is 1. The fourth-order valence-corrected chi connectivity index (χ4v) is 2.20. The van der Waals surface area contributed by atoms with Gasteiger partial charge in [0, 0.05) is 11.8 Å². The van der Waals surface area contributed by atoms with Crippen molar-refractivity contribution >= 4 is 6.29 Å². The zero-order valence-electron chi connectivity index (χ0n) is 11.1. The molecule has 19 heavy (non-hydrogen) atoms. The van der Waals surface area contributed by atoms with Crippen molar-refractivity contribution in [2.75, 3.05) is 0 Å². The van der Waals surface area contributed by atoms with Crippen LogP contribution in [0.3, 0.4) is 0 Å². The molecule has 4 heteroatoms. The molecule has 1 aromatic carbocycles. The summed E-state index contributed by atoms with van der Waals surface area (Å²) in [6.45, 7) is 4.14. The van der Waals surface area contributed by atoms with Crippen molar-refractivity contribution < 1.29 is 9.18 Å². The Balaban J connectivity index is 2.52. The van der Waals surface area contributed by atoms with E-state index in [1.165, 1.54) is 6.07 Å².